The molecule has 6 heteroatoms. The number of benzene rings is 2. The van der Waals surface area contributed by atoms with Crippen LogP contribution in [0.2, 0.25) is 5.02 Å². The molecule has 0 fully saturated rings. The molecule has 3 rings (SSSR count). The number of carbonyl (C=O) groups is 2. The first-order valence-corrected chi connectivity index (χ1v) is 7.56. The average Bonchev–Trinajstić information content (AvgIpc) is 3.03. The molecule has 5 nitrogen and oxygen atoms in total. The van der Waals surface area contributed by atoms with Crippen LogP contribution in [0.3, 0.4) is 0 Å². The van der Waals surface area contributed by atoms with Gasteiger partial charge in [-0.1, -0.05) is 41.9 Å². The highest BCUT2D eigenvalue weighted by Gasteiger charge is 2.15. The van der Waals surface area contributed by atoms with Gasteiger partial charge in [-0.25, -0.2) is 4.79 Å². The minimum Gasteiger partial charge on any atom is -0.480 e. The monoisotopic (exact) mass is 344 g/mol. The van der Waals surface area contributed by atoms with Crippen molar-refractivity contribution in [1.82, 2.24) is 0 Å². The first-order valence-electron chi connectivity index (χ1n) is 7.18. The second kappa shape index (κ2) is 7.19. The summed E-state index contributed by atoms with van der Waals surface area (Å²) in [6.07, 6.45) is 0. The molecule has 0 spiro atoms. The number of esters is 1. The molecule has 122 valence electrons. The Morgan fingerprint density at radius 2 is 1.75 bits per heavy atom. The Labute approximate surface area is 142 Å². The van der Waals surface area contributed by atoms with Gasteiger partial charge in [-0.2, -0.15) is 0 Å². The standard InChI is InChI=1S/C18H13ClO5/c19-13-6-2-4-8-16(13)22-11-18(21)23-10-14(20)17-9-12-5-1-3-7-15(12)24-17/h1-9H,10-11H2. The predicted molar refractivity (Wildman–Crippen MR) is 88.5 cm³/mol. The number of carbonyl (C=O) groups excluding carboxylic acids is 2. The van der Waals surface area contributed by atoms with Crippen molar-refractivity contribution >= 4 is 34.3 Å². The van der Waals surface area contributed by atoms with Gasteiger partial charge in [-0.15, -0.1) is 0 Å². The molecule has 0 aliphatic rings. The number of para-hydroxylation sites is 2. The minimum atomic E-state index is -0.667. The summed E-state index contributed by atoms with van der Waals surface area (Å²) in [5, 5.41) is 1.21. The van der Waals surface area contributed by atoms with E-state index in [1.807, 2.05) is 18.2 Å². The lowest BCUT2D eigenvalue weighted by molar-refractivity contribution is -0.144. The van der Waals surface area contributed by atoms with E-state index in [0.717, 1.165) is 5.39 Å². The van der Waals surface area contributed by atoms with Crippen molar-refractivity contribution in [2.24, 2.45) is 0 Å². The van der Waals surface area contributed by atoms with Crippen LogP contribution < -0.4 is 4.74 Å². The molecule has 0 amide bonds. The zero-order valence-electron chi connectivity index (χ0n) is 12.5. The third kappa shape index (κ3) is 3.75. The first kappa shape index (κ1) is 16.1. The lowest BCUT2D eigenvalue weighted by Crippen LogP contribution is -2.19. The van der Waals surface area contributed by atoms with Crippen molar-refractivity contribution in [3.05, 3.63) is 65.4 Å². The maximum atomic E-state index is 12.0. The number of halogens is 1. The van der Waals surface area contributed by atoms with Crippen LogP contribution in [0, 0.1) is 0 Å². The lowest BCUT2D eigenvalue weighted by Gasteiger charge is -2.07. The maximum absolute atomic E-state index is 12.0. The number of hydrogen-bond donors (Lipinski definition) is 0. The van der Waals surface area contributed by atoms with E-state index in [0.29, 0.717) is 16.4 Å². The largest absolute Gasteiger partial charge is 0.480 e. The molecule has 1 heterocycles. The van der Waals surface area contributed by atoms with Crippen LogP contribution in [0.1, 0.15) is 10.6 Å². The van der Waals surface area contributed by atoms with Crippen LogP contribution in [0.5, 0.6) is 5.75 Å². The number of ether oxygens (including phenoxy) is 2. The molecule has 0 N–H and O–H groups in total. The average molecular weight is 345 g/mol. The number of hydrogen-bond acceptors (Lipinski definition) is 5. The van der Waals surface area contributed by atoms with Crippen LogP contribution in [0.4, 0.5) is 0 Å². The van der Waals surface area contributed by atoms with Gasteiger partial charge in [0.1, 0.15) is 11.3 Å². The van der Waals surface area contributed by atoms with Gasteiger partial charge >= 0.3 is 5.97 Å². The summed E-state index contributed by atoms with van der Waals surface area (Å²) < 4.78 is 15.6. The summed E-state index contributed by atoms with van der Waals surface area (Å²) in [6, 6.07) is 15.6. The fourth-order valence-electron chi connectivity index (χ4n) is 2.08. The highest BCUT2D eigenvalue weighted by Crippen LogP contribution is 2.23. The van der Waals surface area contributed by atoms with Gasteiger partial charge in [0.25, 0.3) is 0 Å². The Hall–Kier alpha value is -2.79. The molecule has 0 unspecified atom stereocenters. The molecule has 2 aromatic carbocycles. The molecular formula is C18H13ClO5. The molecule has 1 aromatic heterocycles. The molecule has 3 aromatic rings. The van der Waals surface area contributed by atoms with E-state index in [1.165, 1.54) is 0 Å². The summed E-state index contributed by atoms with van der Waals surface area (Å²) in [5.74, 6) is -0.563. The summed E-state index contributed by atoms with van der Waals surface area (Å²) in [6.45, 7) is -0.748. The number of fused-ring (bicyclic) bond motifs is 1. The molecule has 0 saturated heterocycles. The second-order valence-corrected chi connectivity index (χ2v) is 5.36. The van der Waals surface area contributed by atoms with E-state index < -0.39 is 18.4 Å². The van der Waals surface area contributed by atoms with Gasteiger partial charge in [0.2, 0.25) is 5.78 Å². The number of ketones is 1. The third-order valence-electron chi connectivity index (χ3n) is 3.25. The van der Waals surface area contributed by atoms with Gasteiger partial charge < -0.3 is 13.9 Å². The minimum absolute atomic E-state index is 0.149. The number of furan rings is 1. The summed E-state index contributed by atoms with van der Waals surface area (Å²) in [4.78, 5) is 23.7. The zero-order valence-corrected chi connectivity index (χ0v) is 13.3. The van der Waals surface area contributed by atoms with E-state index in [9.17, 15) is 9.59 Å². The lowest BCUT2D eigenvalue weighted by atomic mass is 10.2. The fraction of sp³-hybridized carbons (Fsp3) is 0.111. The molecule has 24 heavy (non-hydrogen) atoms. The van der Waals surface area contributed by atoms with Crippen molar-refractivity contribution in [2.45, 2.75) is 0 Å². The van der Waals surface area contributed by atoms with Gasteiger partial charge in [-0.3, -0.25) is 4.79 Å². The second-order valence-electron chi connectivity index (χ2n) is 4.95. The van der Waals surface area contributed by atoms with Crippen LogP contribution >= 0.6 is 11.6 Å². The summed E-state index contributed by atoms with van der Waals surface area (Å²) >= 11 is 5.91. The van der Waals surface area contributed by atoms with Gasteiger partial charge in [0.05, 0.1) is 5.02 Å². The van der Waals surface area contributed by atoms with Crippen molar-refractivity contribution < 1.29 is 23.5 Å². The van der Waals surface area contributed by atoms with E-state index in [-0.39, 0.29) is 12.4 Å². The van der Waals surface area contributed by atoms with Gasteiger partial charge in [-0.05, 0) is 24.3 Å². The number of Topliss-reactive ketones (excluding diaryl/α,β-unsaturated/α-hetero) is 1. The van der Waals surface area contributed by atoms with Crippen molar-refractivity contribution in [2.75, 3.05) is 13.2 Å². The van der Waals surface area contributed by atoms with Crippen molar-refractivity contribution in [3.8, 4) is 5.75 Å². The van der Waals surface area contributed by atoms with Crippen LogP contribution in [0.15, 0.2) is 59.0 Å². The van der Waals surface area contributed by atoms with Crippen LogP contribution in [-0.2, 0) is 9.53 Å². The Kier molecular flexibility index (Phi) is 4.82. The predicted octanol–water partition coefficient (Wildman–Crippen LogP) is 3.89. The molecule has 0 aliphatic heterocycles. The summed E-state index contributed by atoms with van der Waals surface area (Å²) in [5.41, 5.74) is 0.606. The highest BCUT2D eigenvalue weighted by molar-refractivity contribution is 6.32. The molecule has 0 aliphatic carbocycles. The zero-order chi connectivity index (χ0) is 16.9. The van der Waals surface area contributed by atoms with Crippen LogP contribution in [0.25, 0.3) is 11.0 Å². The Bertz CT molecular complexity index is 851. The molecule has 0 saturated carbocycles. The van der Waals surface area contributed by atoms with Crippen molar-refractivity contribution in [1.29, 1.82) is 0 Å². The molecular weight excluding hydrogens is 332 g/mol. The Morgan fingerprint density at radius 1 is 1.00 bits per heavy atom. The Balaban J connectivity index is 1.52. The molecule has 0 atom stereocenters. The normalized spacial score (nSPS) is 10.5. The summed E-state index contributed by atoms with van der Waals surface area (Å²) in [7, 11) is 0. The quantitative estimate of drug-likeness (QED) is 0.501. The number of rotatable bonds is 6. The smallest absolute Gasteiger partial charge is 0.344 e. The third-order valence-corrected chi connectivity index (χ3v) is 3.56. The van der Waals surface area contributed by atoms with Crippen molar-refractivity contribution in [3.63, 3.8) is 0 Å². The van der Waals surface area contributed by atoms with E-state index >= 15 is 0 Å². The van der Waals surface area contributed by atoms with Crippen LogP contribution in [-0.4, -0.2) is 25.0 Å². The molecule has 0 radical (unpaired) electrons. The van der Waals surface area contributed by atoms with Gasteiger partial charge in [0.15, 0.2) is 19.0 Å². The van der Waals surface area contributed by atoms with E-state index in [4.69, 9.17) is 25.5 Å². The topological polar surface area (TPSA) is 65.7 Å². The molecule has 0 bridgehead atoms. The Morgan fingerprint density at radius 3 is 2.54 bits per heavy atom. The van der Waals surface area contributed by atoms with E-state index in [1.54, 1.807) is 36.4 Å². The first-order chi connectivity index (χ1) is 11.6. The highest BCUT2D eigenvalue weighted by atomic mass is 35.5. The maximum Gasteiger partial charge on any atom is 0.344 e. The van der Waals surface area contributed by atoms with Gasteiger partial charge in [0, 0.05) is 5.39 Å². The van der Waals surface area contributed by atoms with E-state index in [2.05, 4.69) is 0 Å². The fourth-order valence-corrected chi connectivity index (χ4v) is 2.27. The SMILES string of the molecule is O=C(COc1ccccc1Cl)OCC(=O)c1cc2ccccc2o1.